The molecule has 0 unspecified atom stereocenters. The van der Waals surface area contributed by atoms with E-state index in [-0.39, 0.29) is 18.8 Å². The predicted molar refractivity (Wildman–Crippen MR) is 106 cm³/mol. The van der Waals surface area contributed by atoms with Crippen LogP contribution in [0, 0.1) is 11.3 Å². The minimum Gasteiger partial charge on any atom is -0.463 e. The van der Waals surface area contributed by atoms with Crippen molar-refractivity contribution in [3.05, 3.63) is 90.0 Å². The quantitative estimate of drug-likeness (QED) is 0.286. The number of ether oxygens (including phenoxy) is 2. The van der Waals surface area contributed by atoms with E-state index in [1.54, 1.807) is 0 Å². The second kappa shape index (κ2) is 11.1. The van der Waals surface area contributed by atoms with E-state index in [0.717, 1.165) is 17.2 Å². The van der Waals surface area contributed by atoms with E-state index in [2.05, 4.69) is 6.58 Å². The molecule has 0 aromatic heterocycles. The fraction of sp³-hybridized carbons (Fsp3) is 0.174. The molecule has 142 valence electrons. The molecule has 0 fully saturated rings. The normalized spacial score (nSPS) is 9.68. The number of esters is 2. The molecule has 0 aliphatic carbocycles. The molecule has 0 heterocycles. The van der Waals surface area contributed by atoms with Crippen molar-refractivity contribution in [2.45, 2.75) is 12.8 Å². The average molecular weight is 375 g/mol. The van der Waals surface area contributed by atoms with Gasteiger partial charge in [0.05, 0.1) is 13.2 Å². The van der Waals surface area contributed by atoms with Crippen LogP contribution < -0.4 is 0 Å². The molecular weight excluding hydrogens is 354 g/mol. The van der Waals surface area contributed by atoms with Crippen LogP contribution in [0.2, 0.25) is 0 Å². The highest BCUT2D eigenvalue weighted by molar-refractivity contribution is 6.05. The Morgan fingerprint density at radius 3 is 1.86 bits per heavy atom. The van der Waals surface area contributed by atoms with Gasteiger partial charge in [-0.25, -0.2) is 9.59 Å². The summed E-state index contributed by atoms with van der Waals surface area (Å²) in [7, 11) is 0. The third-order valence-corrected chi connectivity index (χ3v) is 3.87. The lowest BCUT2D eigenvalue weighted by Gasteiger charge is -2.12. The van der Waals surface area contributed by atoms with Crippen LogP contribution in [0.1, 0.15) is 24.0 Å². The molecule has 0 atom stereocenters. The van der Waals surface area contributed by atoms with Gasteiger partial charge in [0.2, 0.25) is 0 Å². The Labute approximate surface area is 164 Å². The van der Waals surface area contributed by atoms with Gasteiger partial charge in [0.25, 0.3) is 0 Å². The van der Waals surface area contributed by atoms with Gasteiger partial charge in [0.1, 0.15) is 11.6 Å². The number of carbonyl (C=O) groups excluding carboxylic acids is 2. The van der Waals surface area contributed by atoms with E-state index >= 15 is 0 Å². The Morgan fingerprint density at radius 1 is 0.893 bits per heavy atom. The lowest BCUT2D eigenvalue weighted by Crippen LogP contribution is -2.11. The summed E-state index contributed by atoms with van der Waals surface area (Å²) in [6, 6.07) is 20.5. The number of hydrogen-bond acceptors (Lipinski definition) is 5. The summed E-state index contributed by atoms with van der Waals surface area (Å²) in [4.78, 5) is 23.5. The molecule has 0 saturated carbocycles. The Kier molecular flexibility index (Phi) is 8.22. The van der Waals surface area contributed by atoms with Gasteiger partial charge in [-0.1, -0.05) is 67.2 Å². The molecule has 5 nitrogen and oxygen atoms in total. The highest BCUT2D eigenvalue weighted by Gasteiger charge is 2.19. The van der Waals surface area contributed by atoms with Crippen LogP contribution in [-0.2, 0) is 19.1 Å². The molecule has 0 saturated heterocycles. The fourth-order valence-corrected chi connectivity index (χ4v) is 2.54. The SMILES string of the molecule is C=CC(=O)OCCCCOC(=O)C(C#N)=C(c1ccccc1)c1ccccc1. The Hall–Kier alpha value is -3.65. The van der Waals surface area contributed by atoms with Gasteiger partial charge in [0.15, 0.2) is 0 Å². The highest BCUT2D eigenvalue weighted by Crippen LogP contribution is 2.27. The first-order valence-electron chi connectivity index (χ1n) is 8.89. The maximum atomic E-state index is 12.5. The Morgan fingerprint density at radius 2 is 1.39 bits per heavy atom. The van der Waals surface area contributed by atoms with Crippen molar-refractivity contribution in [2.24, 2.45) is 0 Å². The standard InChI is InChI=1S/C23H21NO4/c1-2-21(25)27-15-9-10-16-28-23(26)20(17-24)22(18-11-5-3-6-12-18)19-13-7-4-8-14-19/h2-8,11-14H,1,9-10,15-16H2. The summed E-state index contributed by atoms with van der Waals surface area (Å²) in [5.74, 6) is -1.16. The molecule has 0 spiro atoms. The third-order valence-electron chi connectivity index (χ3n) is 3.87. The van der Waals surface area contributed by atoms with Crippen molar-refractivity contribution < 1.29 is 19.1 Å². The van der Waals surface area contributed by atoms with Gasteiger partial charge in [-0.05, 0) is 24.0 Å². The van der Waals surface area contributed by atoms with E-state index in [9.17, 15) is 14.9 Å². The molecule has 0 aliphatic rings. The first-order chi connectivity index (χ1) is 13.7. The smallest absolute Gasteiger partial charge is 0.349 e. The van der Waals surface area contributed by atoms with Gasteiger partial charge in [-0.2, -0.15) is 5.26 Å². The van der Waals surface area contributed by atoms with Crippen molar-refractivity contribution in [1.82, 2.24) is 0 Å². The van der Waals surface area contributed by atoms with E-state index in [4.69, 9.17) is 9.47 Å². The molecule has 28 heavy (non-hydrogen) atoms. The highest BCUT2D eigenvalue weighted by atomic mass is 16.5. The van der Waals surface area contributed by atoms with Crippen LogP contribution in [0.25, 0.3) is 5.57 Å². The zero-order chi connectivity index (χ0) is 20.2. The zero-order valence-corrected chi connectivity index (χ0v) is 15.5. The van der Waals surface area contributed by atoms with Crippen molar-refractivity contribution >= 4 is 17.5 Å². The lowest BCUT2D eigenvalue weighted by molar-refractivity contribution is -0.140. The molecule has 5 heteroatoms. The predicted octanol–water partition coefficient (Wildman–Crippen LogP) is 4.06. The molecule has 2 rings (SSSR count). The Bertz CT molecular complexity index is 838. The monoisotopic (exact) mass is 375 g/mol. The summed E-state index contributed by atoms with van der Waals surface area (Å²) in [6.07, 6.45) is 2.16. The van der Waals surface area contributed by atoms with Crippen LogP contribution in [0.15, 0.2) is 78.9 Å². The number of carbonyl (C=O) groups is 2. The molecule has 2 aromatic rings. The number of hydrogen-bond donors (Lipinski definition) is 0. The summed E-state index contributed by atoms with van der Waals surface area (Å²) in [5, 5.41) is 9.64. The lowest BCUT2D eigenvalue weighted by atomic mass is 9.93. The number of benzene rings is 2. The van der Waals surface area contributed by atoms with E-state index < -0.39 is 11.9 Å². The largest absolute Gasteiger partial charge is 0.463 e. The van der Waals surface area contributed by atoms with Crippen molar-refractivity contribution in [3.8, 4) is 6.07 Å². The average Bonchev–Trinajstić information content (AvgIpc) is 2.75. The maximum absolute atomic E-state index is 12.5. The fourth-order valence-electron chi connectivity index (χ4n) is 2.54. The second-order valence-electron chi connectivity index (χ2n) is 5.81. The van der Waals surface area contributed by atoms with Gasteiger partial charge in [0, 0.05) is 11.6 Å². The van der Waals surface area contributed by atoms with Crippen molar-refractivity contribution in [2.75, 3.05) is 13.2 Å². The van der Waals surface area contributed by atoms with E-state index in [1.807, 2.05) is 66.7 Å². The third kappa shape index (κ3) is 5.96. The topological polar surface area (TPSA) is 76.4 Å². The molecule has 0 amide bonds. The van der Waals surface area contributed by atoms with Gasteiger partial charge in [-0.15, -0.1) is 0 Å². The second-order valence-corrected chi connectivity index (χ2v) is 5.81. The van der Waals surface area contributed by atoms with Gasteiger partial charge >= 0.3 is 11.9 Å². The minimum atomic E-state index is -0.673. The molecule has 0 N–H and O–H groups in total. The molecule has 0 bridgehead atoms. The summed E-state index contributed by atoms with van der Waals surface area (Å²) in [6.45, 7) is 3.67. The first kappa shape index (κ1) is 20.7. The minimum absolute atomic E-state index is 0.0458. The van der Waals surface area contributed by atoms with Crippen LogP contribution >= 0.6 is 0 Å². The van der Waals surface area contributed by atoms with Crippen molar-refractivity contribution in [3.63, 3.8) is 0 Å². The molecular formula is C23H21NO4. The van der Waals surface area contributed by atoms with Crippen molar-refractivity contribution in [1.29, 1.82) is 5.26 Å². The number of nitrogens with zero attached hydrogens (tertiary/aromatic N) is 1. The first-order valence-corrected chi connectivity index (χ1v) is 8.89. The van der Waals surface area contributed by atoms with Crippen LogP contribution in [0.3, 0.4) is 0 Å². The van der Waals surface area contributed by atoms with Gasteiger partial charge in [-0.3, -0.25) is 0 Å². The summed E-state index contributed by atoms with van der Waals surface area (Å²) >= 11 is 0. The van der Waals surface area contributed by atoms with Crippen LogP contribution in [0.5, 0.6) is 0 Å². The number of rotatable bonds is 9. The maximum Gasteiger partial charge on any atom is 0.349 e. The molecule has 2 aromatic carbocycles. The Balaban J connectivity index is 2.12. The van der Waals surface area contributed by atoms with Gasteiger partial charge < -0.3 is 9.47 Å². The number of nitriles is 1. The summed E-state index contributed by atoms with van der Waals surface area (Å²) < 4.78 is 10.1. The van der Waals surface area contributed by atoms with E-state index in [0.29, 0.717) is 18.4 Å². The molecule has 0 aliphatic heterocycles. The number of unbranched alkanes of at least 4 members (excludes halogenated alkanes) is 1. The van der Waals surface area contributed by atoms with Crippen LogP contribution in [0.4, 0.5) is 0 Å². The van der Waals surface area contributed by atoms with E-state index in [1.165, 1.54) is 0 Å². The molecule has 0 radical (unpaired) electrons. The summed E-state index contributed by atoms with van der Waals surface area (Å²) in [5.41, 5.74) is 2.01. The van der Waals surface area contributed by atoms with Crippen LogP contribution in [-0.4, -0.2) is 25.2 Å². The zero-order valence-electron chi connectivity index (χ0n) is 15.5.